The van der Waals surface area contributed by atoms with Crippen LogP contribution in [0.2, 0.25) is 0 Å². The number of hydrogen-bond acceptors (Lipinski definition) is 3. The Balaban J connectivity index is 2.28. The van der Waals surface area contributed by atoms with Crippen molar-refractivity contribution in [2.75, 3.05) is 13.2 Å². The van der Waals surface area contributed by atoms with Crippen LogP contribution in [0.4, 0.5) is 0 Å². The van der Waals surface area contributed by atoms with Crippen LogP contribution < -0.4 is 5.32 Å². The van der Waals surface area contributed by atoms with Gasteiger partial charge in [-0.25, -0.2) is 0 Å². The summed E-state index contributed by atoms with van der Waals surface area (Å²) in [5.74, 6) is 0. The van der Waals surface area contributed by atoms with Gasteiger partial charge in [-0.05, 0) is 33.3 Å². The average molecular weight is 251 g/mol. The van der Waals surface area contributed by atoms with E-state index in [1.54, 1.807) is 0 Å². The first-order valence-electron chi connectivity index (χ1n) is 6.49. The normalized spacial score (nSPS) is 15.4. The van der Waals surface area contributed by atoms with Crippen LogP contribution in [0, 0.1) is 0 Å². The predicted octanol–water partition coefficient (Wildman–Crippen LogP) is 2.51. The van der Waals surface area contributed by atoms with E-state index in [1.165, 1.54) is 5.56 Å². The molecule has 3 heteroatoms. The zero-order chi connectivity index (χ0) is 13.6. The van der Waals surface area contributed by atoms with E-state index in [-0.39, 0.29) is 11.6 Å². The van der Waals surface area contributed by atoms with Crippen LogP contribution in [-0.2, 0) is 4.74 Å². The molecule has 2 atom stereocenters. The first-order chi connectivity index (χ1) is 8.38. The maximum atomic E-state index is 9.82. The first kappa shape index (κ1) is 15.2. The fourth-order valence-corrected chi connectivity index (χ4v) is 1.58. The lowest BCUT2D eigenvalue weighted by Crippen LogP contribution is -2.34. The molecule has 3 nitrogen and oxygen atoms in total. The highest BCUT2D eigenvalue weighted by molar-refractivity contribution is 5.17. The zero-order valence-electron chi connectivity index (χ0n) is 11.8. The van der Waals surface area contributed by atoms with Gasteiger partial charge in [0.15, 0.2) is 0 Å². The molecule has 0 fully saturated rings. The average Bonchev–Trinajstić information content (AvgIpc) is 2.33. The Hall–Kier alpha value is -0.900. The number of aliphatic hydroxyl groups excluding tert-OH is 1. The van der Waals surface area contributed by atoms with Gasteiger partial charge < -0.3 is 15.2 Å². The lowest BCUT2D eigenvalue weighted by Gasteiger charge is -2.23. The molecule has 2 N–H and O–H groups in total. The minimum Gasteiger partial charge on any atom is -0.389 e. The summed E-state index contributed by atoms with van der Waals surface area (Å²) < 4.78 is 5.54. The van der Waals surface area contributed by atoms with E-state index < -0.39 is 6.10 Å². The molecule has 18 heavy (non-hydrogen) atoms. The van der Waals surface area contributed by atoms with Crippen LogP contribution in [-0.4, -0.2) is 30.0 Å². The largest absolute Gasteiger partial charge is 0.389 e. The van der Waals surface area contributed by atoms with E-state index in [2.05, 4.69) is 24.4 Å². The van der Waals surface area contributed by atoms with Gasteiger partial charge in [0, 0.05) is 12.6 Å². The molecule has 1 aromatic carbocycles. The standard InChI is InChI=1S/C15H25NO2/c1-12(13-8-6-5-7-9-13)16-10-14(17)11-18-15(2,3)4/h5-9,12,14,16-17H,10-11H2,1-4H3/t12-,14?/m1/s1. The van der Waals surface area contributed by atoms with Gasteiger partial charge in [-0.1, -0.05) is 30.3 Å². The highest BCUT2D eigenvalue weighted by Crippen LogP contribution is 2.11. The van der Waals surface area contributed by atoms with Crippen molar-refractivity contribution in [3.63, 3.8) is 0 Å². The number of ether oxygens (including phenoxy) is 1. The quantitative estimate of drug-likeness (QED) is 0.816. The molecule has 0 aliphatic carbocycles. The summed E-state index contributed by atoms with van der Waals surface area (Å²) in [6.45, 7) is 8.94. The molecule has 0 amide bonds. The monoisotopic (exact) mass is 251 g/mol. The Bertz CT molecular complexity index is 332. The SMILES string of the molecule is C[C@@H](NCC(O)COC(C)(C)C)c1ccccc1. The first-order valence-corrected chi connectivity index (χ1v) is 6.49. The lowest BCUT2D eigenvalue weighted by molar-refractivity contribution is -0.0482. The van der Waals surface area contributed by atoms with Crippen LogP contribution in [0.15, 0.2) is 30.3 Å². The van der Waals surface area contributed by atoms with Gasteiger partial charge in [0.2, 0.25) is 0 Å². The molecule has 0 spiro atoms. The number of rotatable bonds is 6. The van der Waals surface area contributed by atoms with Crippen LogP contribution >= 0.6 is 0 Å². The third-order valence-corrected chi connectivity index (χ3v) is 2.67. The van der Waals surface area contributed by atoms with Crippen LogP contribution in [0.25, 0.3) is 0 Å². The van der Waals surface area contributed by atoms with Gasteiger partial charge in [-0.3, -0.25) is 0 Å². The second-order valence-electron chi connectivity index (χ2n) is 5.62. The third kappa shape index (κ3) is 6.15. The number of aliphatic hydroxyl groups is 1. The van der Waals surface area contributed by atoms with E-state index in [0.29, 0.717) is 13.2 Å². The van der Waals surface area contributed by atoms with Crippen molar-refractivity contribution in [1.29, 1.82) is 0 Å². The van der Waals surface area contributed by atoms with Crippen molar-refractivity contribution in [1.82, 2.24) is 5.32 Å². The second kappa shape index (κ2) is 6.88. The fraction of sp³-hybridized carbons (Fsp3) is 0.600. The maximum Gasteiger partial charge on any atom is 0.0898 e. The summed E-state index contributed by atoms with van der Waals surface area (Å²) in [7, 11) is 0. The second-order valence-corrected chi connectivity index (χ2v) is 5.62. The molecule has 1 aromatic rings. The molecular weight excluding hydrogens is 226 g/mol. The molecule has 0 radical (unpaired) electrons. The molecule has 0 aliphatic heterocycles. The van der Waals surface area contributed by atoms with Gasteiger partial charge in [-0.15, -0.1) is 0 Å². The third-order valence-electron chi connectivity index (χ3n) is 2.67. The van der Waals surface area contributed by atoms with Crippen molar-refractivity contribution in [3.8, 4) is 0 Å². The van der Waals surface area contributed by atoms with Gasteiger partial charge in [-0.2, -0.15) is 0 Å². The van der Waals surface area contributed by atoms with Gasteiger partial charge in [0.1, 0.15) is 0 Å². The summed E-state index contributed by atoms with van der Waals surface area (Å²) in [5.41, 5.74) is 1.02. The molecule has 0 saturated carbocycles. The smallest absolute Gasteiger partial charge is 0.0898 e. The van der Waals surface area contributed by atoms with Crippen LogP contribution in [0.1, 0.15) is 39.3 Å². The minimum atomic E-state index is -0.476. The highest BCUT2D eigenvalue weighted by Gasteiger charge is 2.14. The van der Waals surface area contributed by atoms with E-state index in [1.807, 2.05) is 39.0 Å². The fourth-order valence-electron chi connectivity index (χ4n) is 1.58. The molecule has 0 heterocycles. The van der Waals surface area contributed by atoms with Crippen LogP contribution in [0.3, 0.4) is 0 Å². The van der Waals surface area contributed by atoms with Gasteiger partial charge in [0.25, 0.3) is 0 Å². The van der Waals surface area contributed by atoms with Crippen molar-refractivity contribution < 1.29 is 9.84 Å². The molecule has 0 bridgehead atoms. The Kier molecular flexibility index (Phi) is 5.79. The van der Waals surface area contributed by atoms with Crippen molar-refractivity contribution >= 4 is 0 Å². The number of hydrogen-bond donors (Lipinski definition) is 2. The van der Waals surface area contributed by atoms with E-state index in [9.17, 15) is 5.11 Å². The highest BCUT2D eigenvalue weighted by atomic mass is 16.5. The summed E-state index contributed by atoms with van der Waals surface area (Å²) in [6.07, 6.45) is -0.476. The van der Waals surface area contributed by atoms with Crippen molar-refractivity contribution in [2.24, 2.45) is 0 Å². The van der Waals surface area contributed by atoms with Crippen LogP contribution in [0.5, 0.6) is 0 Å². The van der Waals surface area contributed by atoms with E-state index in [4.69, 9.17) is 4.74 Å². The van der Waals surface area contributed by atoms with Gasteiger partial charge >= 0.3 is 0 Å². The molecule has 1 unspecified atom stereocenters. The summed E-state index contributed by atoms with van der Waals surface area (Å²) in [4.78, 5) is 0. The maximum absolute atomic E-state index is 9.82. The van der Waals surface area contributed by atoms with Gasteiger partial charge in [0.05, 0.1) is 18.3 Å². The number of nitrogens with one attached hydrogen (secondary N) is 1. The number of benzene rings is 1. The van der Waals surface area contributed by atoms with Crippen molar-refractivity contribution in [2.45, 2.75) is 45.4 Å². The molecule has 102 valence electrons. The molecule has 0 aromatic heterocycles. The Morgan fingerprint density at radius 3 is 2.39 bits per heavy atom. The summed E-state index contributed by atoms with van der Waals surface area (Å²) in [5, 5.41) is 13.1. The topological polar surface area (TPSA) is 41.5 Å². The Morgan fingerprint density at radius 1 is 1.22 bits per heavy atom. The minimum absolute atomic E-state index is 0.202. The van der Waals surface area contributed by atoms with E-state index >= 15 is 0 Å². The van der Waals surface area contributed by atoms with Crippen molar-refractivity contribution in [3.05, 3.63) is 35.9 Å². The van der Waals surface area contributed by atoms with E-state index in [0.717, 1.165) is 0 Å². The molecule has 1 rings (SSSR count). The summed E-state index contributed by atoms with van der Waals surface area (Å²) in [6, 6.07) is 10.4. The predicted molar refractivity (Wildman–Crippen MR) is 74.6 cm³/mol. The zero-order valence-corrected chi connectivity index (χ0v) is 11.8. The molecule has 0 saturated heterocycles. The lowest BCUT2D eigenvalue weighted by atomic mass is 10.1. The molecule has 0 aliphatic rings. The Labute approximate surface area is 110 Å². The molecular formula is C15H25NO2. The Morgan fingerprint density at radius 2 is 1.83 bits per heavy atom. The summed E-state index contributed by atoms with van der Waals surface area (Å²) >= 11 is 0.